The standard InChI is InChI=1S/C17H25N7O2/c1-11-7-14(23(4)21-11)19-16(26)10-24-6-5-12(9-24)13-8-15(25)20-17(18-13)22(2)3/h7-8,12H,5-6,9-10H2,1-4H3,(H,19,26)(H,18,20,25). The normalized spacial score (nSPS) is 17.5. The summed E-state index contributed by atoms with van der Waals surface area (Å²) in [6.45, 7) is 3.71. The number of H-pyrrole nitrogens is 1. The molecular weight excluding hydrogens is 334 g/mol. The second-order valence-corrected chi connectivity index (χ2v) is 6.95. The van der Waals surface area contributed by atoms with Gasteiger partial charge in [-0.25, -0.2) is 4.98 Å². The van der Waals surface area contributed by atoms with Crippen molar-refractivity contribution in [1.29, 1.82) is 0 Å². The number of likely N-dealkylation sites (tertiary alicyclic amines) is 1. The van der Waals surface area contributed by atoms with Crippen LogP contribution in [0, 0.1) is 6.92 Å². The van der Waals surface area contributed by atoms with Gasteiger partial charge in [0.2, 0.25) is 11.9 Å². The summed E-state index contributed by atoms with van der Waals surface area (Å²) in [5, 5.41) is 7.11. The Morgan fingerprint density at radius 2 is 2.19 bits per heavy atom. The molecular formula is C17H25N7O2. The number of anilines is 2. The molecule has 2 aromatic rings. The quantitative estimate of drug-likeness (QED) is 0.797. The molecule has 2 N–H and O–H groups in total. The SMILES string of the molecule is Cc1cc(NC(=O)CN2CCC(c3cc(=O)[nH]c(N(C)C)n3)C2)n(C)n1. The van der Waals surface area contributed by atoms with Crippen molar-refractivity contribution >= 4 is 17.7 Å². The average Bonchev–Trinajstić information content (AvgIpc) is 3.13. The van der Waals surface area contributed by atoms with E-state index < -0.39 is 0 Å². The molecule has 0 aliphatic carbocycles. The molecule has 1 aliphatic heterocycles. The molecule has 3 rings (SSSR count). The Morgan fingerprint density at radius 3 is 2.85 bits per heavy atom. The van der Waals surface area contributed by atoms with Crippen LogP contribution in [0.2, 0.25) is 0 Å². The smallest absolute Gasteiger partial charge is 0.252 e. The molecule has 0 bridgehead atoms. The van der Waals surface area contributed by atoms with E-state index in [-0.39, 0.29) is 17.4 Å². The summed E-state index contributed by atoms with van der Waals surface area (Å²) in [7, 11) is 5.48. The molecule has 1 atom stereocenters. The first kappa shape index (κ1) is 18.1. The van der Waals surface area contributed by atoms with Crippen molar-refractivity contribution in [2.24, 2.45) is 7.05 Å². The number of nitrogens with zero attached hydrogens (tertiary/aromatic N) is 5. The fraction of sp³-hybridized carbons (Fsp3) is 0.529. The predicted octanol–water partition coefficient (Wildman–Crippen LogP) is 0.306. The third-order valence-electron chi connectivity index (χ3n) is 4.50. The third-order valence-corrected chi connectivity index (χ3v) is 4.50. The van der Waals surface area contributed by atoms with Gasteiger partial charge < -0.3 is 10.2 Å². The largest absolute Gasteiger partial charge is 0.348 e. The molecule has 0 radical (unpaired) electrons. The molecule has 26 heavy (non-hydrogen) atoms. The summed E-state index contributed by atoms with van der Waals surface area (Å²) in [4.78, 5) is 35.3. The topological polar surface area (TPSA) is 99.1 Å². The van der Waals surface area contributed by atoms with Gasteiger partial charge in [-0.15, -0.1) is 0 Å². The summed E-state index contributed by atoms with van der Waals surface area (Å²) in [5.41, 5.74) is 1.49. The fourth-order valence-corrected chi connectivity index (χ4v) is 3.21. The zero-order chi connectivity index (χ0) is 18.8. The van der Waals surface area contributed by atoms with E-state index >= 15 is 0 Å². The molecule has 3 heterocycles. The van der Waals surface area contributed by atoms with Crippen molar-refractivity contribution in [3.05, 3.63) is 33.9 Å². The molecule has 1 unspecified atom stereocenters. The van der Waals surface area contributed by atoms with Crippen molar-refractivity contribution < 1.29 is 4.79 Å². The Labute approximate surface area is 152 Å². The number of nitrogens with one attached hydrogen (secondary N) is 2. The second kappa shape index (κ2) is 7.28. The van der Waals surface area contributed by atoms with E-state index in [2.05, 4.69) is 25.3 Å². The summed E-state index contributed by atoms with van der Waals surface area (Å²) < 4.78 is 1.66. The van der Waals surface area contributed by atoms with E-state index in [1.807, 2.05) is 27.1 Å². The molecule has 9 nitrogen and oxygen atoms in total. The van der Waals surface area contributed by atoms with Crippen LogP contribution in [-0.2, 0) is 11.8 Å². The van der Waals surface area contributed by atoms with Crippen LogP contribution in [0.3, 0.4) is 0 Å². The molecule has 1 amide bonds. The van der Waals surface area contributed by atoms with Crippen LogP contribution in [0.25, 0.3) is 0 Å². The van der Waals surface area contributed by atoms with E-state index in [9.17, 15) is 9.59 Å². The maximum atomic E-state index is 12.3. The third kappa shape index (κ3) is 4.10. The molecule has 1 aliphatic rings. The monoisotopic (exact) mass is 359 g/mol. The summed E-state index contributed by atoms with van der Waals surface area (Å²) in [5.74, 6) is 1.33. The number of aryl methyl sites for hydroxylation is 2. The lowest BCUT2D eigenvalue weighted by Gasteiger charge is -2.16. The number of aromatic amines is 1. The van der Waals surface area contributed by atoms with Crippen molar-refractivity contribution in [1.82, 2.24) is 24.6 Å². The van der Waals surface area contributed by atoms with E-state index in [1.54, 1.807) is 22.7 Å². The molecule has 0 aromatic carbocycles. The zero-order valence-electron chi connectivity index (χ0n) is 15.6. The highest BCUT2D eigenvalue weighted by Gasteiger charge is 2.27. The highest BCUT2D eigenvalue weighted by atomic mass is 16.2. The second-order valence-electron chi connectivity index (χ2n) is 6.95. The van der Waals surface area contributed by atoms with Crippen molar-refractivity contribution in [3.63, 3.8) is 0 Å². The van der Waals surface area contributed by atoms with Crippen LogP contribution in [0.1, 0.15) is 23.7 Å². The van der Waals surface area contributed by atoms with E-state index in [0.29, 0.717) is 24.9 Å². The molecule has 2 aromatic heterocycles. The highest BCUT2D eigenvalue weighted by Crippen LogP contribution is 2.25. The van der Waals surface area contributed by atoms with Crippen molar-refractivity contribution in [3.8, 4) is 0 Å². The van der Waals surface area contributed by atoms with E-state index in [0.717, 1.165) is 24.4 Å². The van der Waals surface area contributed by atoms with E-state index in [4.69, 9.17) is 0 Å². The van der Waals surface area contributed by atoms with Gasteiger partial charge in [-0.1, -0.05) is 0 Å². The lowest BCUT2D eigenvalue weighted by atomic mass is 10.1. The van der Waals surface area contributed by atoms with Crippen LogP contribution >= 0.6 is 0 Å². The number of hydrogen-bond acceptors (Lipinski definition) is 6. The van der Waals surface area contributed by atoms with Gasteiger partial charge in [0.1, 0.15) is 5.82 Å². The van der Waals surface area contributed by atoms with Gasteiger partial charge in [0, 0.05) is 45.7 Å². The minimum Gasteiger partial charge on any atom is -0.348 e. The van der Waals surface area contributed by atoms with Gasteiger partial charge >= 0.3 is 0 Å². The lowest BCUT2D eigenvalue weighted by molar-refractivity contribution is -0.117. The van der Waals surface area contributed by atoms with Crippen LogP contribution in [0.4, 0.5) is 11.8 Å². The fourth-order valence-electron chi connectivity index (χ4n) is 3.21. The van der Waals surface area contributed by atoms with Crippen LogP contribution in [0.5, 0.6) is 0 Å². The molecule has 1 fully saturated rings. The lowest BCUT2D eigenvalue weighted by Crippen LogP contribution is -2.32. The van der Waals surface area contributed by atoms with Gasteiger partial charge in [-0.2, -0.15) is 5.10 Å². The van der Waals surface area contributed by atoms with E-state index in [1.165, 1.54) is 0 Å². The number of aromatic nitrogens is 4. The Kier molecular flexibility index (Phi) is 5.08. The minimum absolute atomic E-state index is 0.0681. The molecule has 1 saturated heterocycles. The molecule has 140 valence electrons. The summed E-state index contributed by atoms with van der Waals surface area (Å²) >= 11 is 0. The zero-order valence-corrected chi connectivity index (χ0v) is 15.6. The first-order valence-electron chi connectivity index (χ1n) is 8.63. The van der Waals surface area contributed by atoms with Gasteiger partial charge in [-0.05, 0) is 19.9 Å². The van der Waals surface area contributed by atoms with Gasteiger partial charge in [-0.3, -0.25) is 24.2 Å². The number of carbonyl (C=O) groups is 1. The number of carbonyl (C=O) groups excluding carboxylic acids is 1. The van der Waals surface area contributed by atoms with Crippen LogP contribution in [0.15, 0.2) is 16.9 Å². The first-order chi connectivity index (χ1) is 12.3. The van der Waals surface area contributed by atoms with Gasteiger partial charge in [0.05, 0.1) is 17.9 Å². The average molecular weight is 359 g/mol. The number of amides is 1. The maximum absolute atomic E-state index is 12.3. The molecule has 9 heteroatoms. The predicted molar refractivity (Wildman–Crippen MR) is 99.6 cm³/mol. The first-order valence-corrected chi connectivity index (χ1v) is 8.63. The van der Waals surface area contributed by atoms with Gasteiger partial charge in [0.15, 0.2) is 0 Å². The molecule has 0 saturated carbocycles. The Bertz CT molecular complexity index is 855. The Morgan fingerprint density at radius 1 is 1.42 bits per heavy atom. The highest BCUT2D eigenvalue weighted by molar-refractivity contribution is 5.91. The molecule has 0 spiro atoms. The Hall–Kier alpha value is -2.68. The minimum atomic E-state index is -0.151. The van der Waals surface area contributed by atoms with Crippen LogP contribution in [-0.4, -0.2) is 64.3 Å². The van der Waals surface area contributed by atoms with Crippen molar-refractivity contribution in [2.75, 3.05) is 43.9 Å². The summed E-state index contributed by atoms with van der Waals surface area (Å²) in [6, 6.07) is 3.40. The summed E-state index contributed by atoms with van der Waals surface area (Å²) in [6.07, 6.45) is 0.876. The number of rotatable bonds is 5. The van der Waals surface area contributed by atoms with Crippen LogP contribution < -0.4 is 15.8 Å². The number of hydrogen-bond donors (Lipinski definition) is 2. The van der Waals surface area contributed by atoms with Crippen molar-refractivity contribution in [2.45, 2.75) is 19.3 Å². The van der Waals surface area contributed by atoms with Gasteiger partial charge in [0.25, 0.3) is 5.56 Å². The maximum Gasteiger partial charge on any atom is 0.252 e. The Balaban J connectivity index is 1.61.